The van der Waals surface area contributed by atoms with Crippen LogP contribution in [0.2, 0.25) is 10.0 Å². The van der Waals surface area contributed by atoms with E-state index in [1.54, 1.807) is 65.6 Å². The fourth-order valence-electron chi connectivity index (χ4n) is 3.97. The molecule has 5 nitrogen and oxygen atoms in total. The van der Waals surface area contributed by atoms with Crippen molar-refractivity contribution < 1.29 is 18.7 Å². The van der Waals surface area contributed by atoms with E-state index < -0.39 is 5.97 Å². The molecular weight excluding hydrogens is 497 g/mol. The number of ether oxygens (including phenoxy) is 1. The topological polar surface area (TPSA) is 59.8 Å². The third kappa shape index (κ3) is 4.59. The zero-order chi connectivity index (χ0) is 25.2. The minimum absolute atomic E-state index is 0.224. The summed E-state index contributed by atoms with van der Waals surface area (Å²) in [6.45, 7) is 0. The minimum atomic E-state index is -0.442. The number of benzene rings is 3. The van der Waals surface area contributed by atoms with Gasteiger partial charge in [0.1, 0.15) is 11.5 Å². The lowest BCUT2D eigenvalue weighted by Crippen LogP contribution is -2.25. The molecule has 0 fully saturated rings. The van der Waals surface area contributed by atoms with Gasteiger partial charge in [-0.25, -0.2) is 4.79 Å². The second-order valence-corrected chi connectivity index (χ2v) is 8.84. The van der Waals surface area contributed by atoms with Crippen molar-refractivity contribution >= 4 is 52.5 Å². The van der Waals surface area contributed by atoms with E-state index in [2.05, 4.69) is 0 Å². The van der Waals surface area contributed by atoms with Gasteiger partial charge in [0.25, 0.3) is 5.91 Å². The molecule has 1 aliphatic rings. The smallest absolute Gasteiger partial charge is 0.337 e. The van der Waals surface area contributed by atoms with Gasteiger partial charge < -0.3 is 9.15 Å². The first kappa shape index (κ1) is 23.7. The molecule has 0 unspecified atom stereocenters. The molecule has 1 amide bonds. The number of rotatable bonds is 5. The second-order valence-electron chi connectivity index (χ2n) is 8.00. The average Bonchev–Trinajstić information content (AvgIpc) is 3.50. The van der Waals surface area contributed by atoms with Crippen LogP contribution in [0.25, 0.3) is 23.1 Å². The number of halogens is 2. The third-order valence-corrected chi connectivity index (χ3v) is 6.28. The van der Waals surface area contributed by atoms with Gasteiger partial charge in [-0.1, -0.05) is 53.5 Å². The Hall–Kier alpha value is -4.06. The van der Waals surface area contributed by atoms with Crippen LogP contribution in [0, 0.1) is 0 Å². The maximum atomic E-state index is 13.6. The summed E-state index contributed by atoms with van der Waals surface area (Å²) in [7, 11) is 1.33. The lowest BCUT2D eigenvalue weighted by atomic mass is 10.1. The number of carbonyl (C=O) groups is 2. The van der Waals surface area contributed by atoms with E-state index in [4.69, 9.17) is 32.4 Å². The predicted octanol–water partition coefficient (Wildman–Crippen LogP) is 7.51. The Morgan fingerprint density at radius 1 is 0.944 bits per heavy atom. The Balaban J connectivity index is 1.53. The van der Waals surface area contributed by atoms with Crippen molar-refractivity contribution in [1.29, 1.82) is 0 Å². The molecule has 178 valence electrons. The number of methoxy groups -OCH3 is 1. The van der Waals surface area contributed by atoms with Crippen LogP contribution >= 0.6 is 23.2 Å². The van der Waals surface area contributed by atoms with E-state index in [1.807, 2.05) is 36.4 Å². The van der Waals surface area contributed by atoms with Gasteiger partial charge in [-0.15, -0.1) is 0 Å². The molecule has 0 saturated heterocycles. The molecule has 1 aromatic heterocycles. The predicted molar refractivity (Wildman–Crippen MR) is 142 cm³/mol. The number of esters is 1. The van der Waals surface area contributed by atoms with Crippen molar-refractivity contribution in [3.63, 3.8) is 0 Å². The van der Waals surface area contributed by atoms with Crippen LogP contribution in [0.5, 0.6) is 0 Å². The zero-order valence-electron chi connectivity index (χ0n) is 19.1. The molecule has 3 aromatic carbocycles. The molecule has 0 N–H and O–H groups in total. The number of anilines is 1. The highest BCUT2D eigenvalue weighted by atomic mass is 35.5. The highest BCUT2D eigenvalue weighted by molar-refractivity contribution is 6.35. The summed E-state index contributed by atoms with van der Waals surface area (Å²) in [6.07, 6.45) is 3.51. The molecule has 36 heavy (non-hydrogen) atoms. The number of hydrogen-bond donors (Lipinski definition) is 0. The van der Waals surface area contributed by atoms with E-state index in [0.717, 1.165) is 5.56 Å². The molecule has 4 aromatic rings. The Morgan fingerprint density at radius 3 is 2.42 bits per heavy atom. The summed E-state index contributed by atoms with van der Waals surface area (Å²) < 4.78 is 10.8. The van der Waals surface area contributed by atoms with Crippen molar-refractivity contribution in [3.8, 4) is 11.3 Å². The van der Waals surface area contributed by atoms with Gasteiger partial charge >= 0.3 is 5.97 Å². The zero-order valence-corrected chi connectivity index (χ0v) is 20.6. The van der Waals surface area contributed by atoms with E-state index >= 15 is 0 Å². The van der Waals surface area contributed by atoms with Gasteiger partial charge in [0.2, 0.25) is 0 Å². The molecule has 1 aliphatic heterocycles. The molecule has 5 rings (SSSR count). The molecule has 0 radical (unpaired) electrons. The van der Waals surface area contributed by atoms with E-state index in [1.165, 1.54) is 7.11 Å². The Bertz CT molecular complexity index is 1520. The maximum Gasteiger partial charge on any atom is 0.337 e. The molecule has 0 atom stereocenters. The van der Waals surface area contributed by atoms with E-state index in [9.17, 15) is 9.59 Å². The second kappa shape index (κ2) is 9.90. The standard InChI is InChI=1S/C29H19Cl2NO4/c1-35-29(34)19-7-10-22(11-8-19)32-26(18-5-3-2-4-6-18)16-20(28(32)33)15-23-12-14-27(36-23)24-17-21(30)9-13-25(24)31/h2-17H,1H3/b20-15+. The van der Waals surface area contributed by atoms with Crippen LogP contribution < -0.4 is 4.90 Å². The Kier molecular flexibility index (Phi) is 6.51. The fourth-order valence-corrected chi connectivity index (χ4v) is 4.36. The van der Waals surface area contributed by atoms with Gasteiger partial charge in [-0.2, -0.15) is 0 Å². The number of carbonyl (C=O) groups excluding carboxylic acids is 2. The maximum absolute atomic E-state index is 13.6. The van der Waals surface area contributed by atoms with Gasteiger partial charge in [0.05, 0.1) is 23.4 Å². The van der Waals surface area contributed by atoms with Crippen LogP contribution in [0.3, 0.4) is 0 Å². The number of furan rings is 1. The molecule has 0 aliphatic carbocycles. The Morgan fingerprint density at radius 2 is 1.69 bits per heavy atom. The summed E-state index contributed by atoms with van der Waals surface area (Å²) in [5.74, 6) is 0.374. The van der Waals surface area contributed by atoms with Crippen LogP contribution in [0.4, 0.5) is 5.69 Å². The monoisotopic (exact) mass is 515 g/mol. The van der Waals surface area contributed by atoms with E-state index in [-0.39, 0.29) is 5.91 Å². The van der Waals surface area contributed by atoms with Crippen LogP contribution in [0.15, 0.2) is 101 Å². The van der Waals surface area contributed by atoms with Crippen molar-refractivity contribution in [1.82, 2.24) is 0 Å². The van der Waals surface area contributed by atoms with Crippen LogP contribution in [-0.2, 0) is 9.53 Å². The van der Waals surface area contributed by atoms with Gasteiger partial charge in [-0.05, 0) is 72.3 Å². The van der Waals surface area contributed by atoms with Gasteiger partial charge in [0, 0.05) is 21.8 Å². The van der Waals surface area contributed by atoms with Crippen molar-refractivity contribution in [2.75, 3.05) is 12.0 Å². The van der Waals surface area contributed by atoms with Crippen molar-refractivity contribution in [2.45, 2.75) is 0 Å². The first-order valence-corrected chi connectivity index (χ1v) is 11.8. The first-order valence-electron chi connectivity index (χ1n) is 11.0. The average molecular weight is 516 g/mol. The van der Waals surface area contributed by atoms with Gasteiger partial charge in [-0.3, -0.25) is 9.69 Å². The first-order chi connectivity index (χ1) is 17.4. The summed E-state index contributed by atoms with van der Waals surface area (Å²) in [6, 6.07) is 25.0. The summed E-state index contributed by atoms with van der Waals surface area (Å²) >= 11 is 12.4. The van der Waals surface area contributed by atoms with E-state index in [0.29, 0.717) is 49.7 Å². The van der Waals surface area contributed by atoms with Gasteiger partial charge in [0.15, 0.2) is 0 Å². The number of hydrogen-bond acceptors (Lipinski definition) is 4. The summed E-state index contributed by atoms with van der Waals surface area (Å²) in [5, 5.41) is 1.05. The largest absolute Gasteiger partial charge is 0.465 e. The minimum Gasteiger partial charge on any atom is -0.465 e. The summed E-state index contributed by atoms with van der Waals surface area (Å²) in [4.78, 5) is 27.0. The molecule has 0 spiro atoms. The third-order valence-electron chi connectivity index (χ3n) is 5.72. The van der Waals surface area contributed by atoms with Crippen molar-refractivity contribution in [2.24, 2.45) is 0 Å². The Labute approximate surface area is 217 Å². The molecule has 7 heteroatoms. The number of amides is 1. The number of nitrogens with zero attached hydrogens (tertiary/aromatic N) is 1. The lowest BCUT2D eigenvalue weighted by Gasteiger charge is -2.21. The molecular formula is C29H19Cl2NO4. The lowest BCUT2D eigenvalue weighted by molar-refractivity contribution is -0.113. The normalized spacial score (nSPS) is 14.3. The molecule has 0 saturated carbocycles. The fraction of sp³-hybridized carbons (Fsp3) is 0.0345. The molecule has 2 heterocycles. The highest BCUT2D eigenvalue weighted by Crippen LogP contribution is 2.37. The van der Waals surface area contributed by atoms with Crippen LogP contribution in [0.1, 0.15) is 21.7 Å². The molecule has 0 bridgehead atoms. The van der Waals surface area contributed by atoms with Crippen molar-refractivity contribution in [3.05, 3.63) is 124 Å². The van der Waals surface area contributed by atoms with Crippen LogP contribution in [-0.4, -0.2) is 19.0 Å². The highest BCUT2D eigenvalue weighted by Gasteiger charge is 2.30. The summed E-state index contributed by atoms with van der Waals surface area (Å²) in [5.41, 5.74) is 3.72. The SMILES string of the molecule is COC(=O)c1ccc(N2C(=O)/C(=C/c3ccc(-c4cc(Cl)ccc4Cl)o3)C=C2c2ccccc2)cc1. The quantitative estimate of drug-likeness (QED) is 0.204.